The zero-order valence-corrected chi connectivity index (χ0v) is 10.5. The van der Waals surface area contributed by atoms with Gasteiger partial charge in [-0.05, 0) is 17.9 Å². The predicted octanol–water partition coefficient (Wildman–Crippen LogP) is 0.752. The average molecular weight is 268 g/mol. The number of carbonyl (C=O) groups excluding carboxylic acids is 3. The van der Waals surface area contributed by atoms with Crippen molar-refractivity contribution in [3.05, 3.63) is 16.3 Å². The summed E-state index contributed by atoms with van der Waals surface area (Å²) in [4.78, 5) is 34.6. The van der Waals surface area contributed by atoms with Crippen LogP contribution >= 0.6 is 11.3 Å². The summed E-state index contributed by atoms with van der Waals surface area (Å²) in [6, 6.07) is 1.11. The fraction of sp³-hybridized carbons (Fsp3) is 0.364. The Morgan fingerprint density at radius 2 is 2.33 bits per heavy atom. The fourth-order valence-corrected chi connectivity index (χ4v) is 2.45. The molecule has 6 nitrogen and oxygen atoms in total. The number of nitrogens with one attached hydrogen (secondary N) is 2. The van der Waals surface area contributed by atoms with Crippen LogP contribution in [-0.4, -0.2) is 30.9 Å². The van der Waals surface area contributed by atoms with Crippen LogP contribution in [0.3, 0.4) is 0 Å². The molecule has 18 heavy (non-hydrogen) atoms. The Labute approximate surface area is 107 Å². The van der Waals surface area contributed by atoms with Gasteiger partial charge >= 0.3 is 5.97 Å². The van der Waals surface area contributed by atoms with Gasteiger partial charge in [0.05, 0.1) is 12.8 Å². The average Bonchev–Trinajstić information content (AvgIpc) is 2.97. The number of amides is 2. The minimum Gasteiger partial charge on any atom is -0.465 e. The first-order valence-corrected chi connectivity index (χ1v) is 6.26. The molecule has 1 atom stereocenters. The van der Waals surface area contributed by atoms with Gasteiger partial charge in [-0.2, -0.15) is 0 Å². The summed E-state index contributed by atoms with van der Waals surface area (Å²) in [6.07, 6.45) is 0.827. The summed E-state index contributed by atoms with van der Waals surface area (Å²) in [7, 11) is 1.28. The molecule has 1 aliphatic rings. The lowest BCUT2D eigenvalue weighted by molar-refractivity contribution is -0.122. The molecular weight excluding hydrogens is 256 g/mol. The lowest BCUT2D eigenvalue weighted by Gasteiger charge is -2.10. The van der Waals surface area contributed by atoms with E-state index in [2.05, 4.69) is 15.4 Å². The van der Waals surface area contributed by atoms with Gasteiger partial charge in [-0.3, -0.25) is 9.59 Å². The molecule has 0 spiro atoms. The second-order valence-electron chi connectivity index (χ2n) is 3.80. The molecule has 2 N–H and O–H groups in total. The minimum absolute atomic E-state index is 0.131. The van der Waals surface area contributed by atoms with Crippen LogP contribution in [0.4, 0.5) is 5.69 Å². The summed E-state index contributed by atoms with van der Waals surface area (Å²) in [6.45, 7) is 0. The second kappa shape index (κ2) is 5.18. The van der Waals surface area contributed by atoms with E-state index < -0.39 is 12.0 Å². The summed E-state index contributed by atoms with van der Waals surface area (Å²) in [5, 5.41) is 6.88. The van der Waals surface area contributed by atoms with Crippen LogP contribution in [0.1, 0.15) is 22.5 Å². The monoisotopic (exact) mass is 268 g/mol. The van der Waals surface area contributed by atoms with E-state index in [1.165, 1.54) is 18.4 Å². The first-order chi connectivity index (χ1) is 8.61. The summed E-state index contributed by atoms with van der Waals surface area (Å²) >= 11 is 1.19. The summed E-state index contributed by atoms with van der Waals surface area (Å²) in [5.74, 6) is -0.936. The third kappa shape index (κ3) is 2.51. The lowest BCUT2D eigenvalue weighted by Crippen LogP contribution is -2.37. The standard InChI is InChI=1S/C11H12N2O4S/c1-17-11(16)9-6(4-5-18-9)13-10(15)7-2-3-8(14)12-7/h4-5,7H,2-3H2,1H3,(H,12,14)(H,13,15). The van der Waals surface area contributed by atoms with E-state index in [1.54, 1.807) is 11.4 Å². The van der Waals surface area contributed by atoms with E-state index >= 15 is 0 Å². The normalized spacial score (nSPS) is 18.3. The molecule has 1 saturated heterocycles. The Morgan fingerprint density at radius 3 is 2.94 bits per heavy atom. The van der Waals surface area contributed by atoms with Crippen LogP contribution in [0.2, 0.25) is 0 Å². The highest BCUT2D eigenvalue weighted by Crippen LogP contribution is 2.23. The number of hydrogen-bond acceptors (Lipinski definition) is 5. The Morgan fingerprint density at radius 1 is 1.56 bits per heavy atom. The van der Waals surface area contributed by atoms with Crippen molar-refractivity contribution >= 4 is 34.8 Å². The number of anilines is 1. The van der Waals surface area contributed by atoms with Crippen LogP contribution in [-0.2, 0) is 14.3 Å². The van der Waals surface area contributed by atoms with Gasteiger partial charge in [0.2, 0.25) is 11.8 Å². The van der Waals surface area contributed by atoms with Crippen LogP contribution in [0.15, 0.2) is 11.4 Å². The molecule has 0 bridgehead atoms. The van der Waals surface area contributed by atoms with Crippen molar-refractivity contribution in [1.29, 1.82) is 0 Å². The van der Waals surface area contributed by atoms with Gasteiger partial charge in [0.15, 0.2) is 0 Å². The smallest absolute Gasteiger partial charge is 0.350 e. The molecule has 1 aromatic heterocycles. The first-order valence-electron chi connectivity index (χ1n) is 5.38. The van der Waals surface area contributed by atoms with E-state index in [4.69, 9.17) is 0 Å². The molecule has 0 aromatic carbocycles. The Hall–Kier alpha value is -1.89. The maximum absolute atomic E-state index is 11.8. The van der Waals surface area contributed by atoms with Crippen molar-refractivity contribution in [3.8, 4) is 0 Å². The number of hydrogen-bond donors (Lipinski definition) is 2. The van der Waals surface area contributed by atoms with Gasteiger partial charge in [-0.15, -0.1) is 11.3 Å². The van der Waals surface area contributed by atoms with Crippen molar-refractivity contribution in [2.45, 2.75) is 18.9 Å². The fourth-order valence-electron chi connectivity index (χ4n) is 1.69. The molecule has 2 heterocycles. The second-order valence-corrected chi connectivity index (χ2v) is 4.72. The van der Waals surface area contributed by atoms with Gasteiger partial charge in [0.1, 0.15) is 10.9 Å². The Balaban J connectivity index is 2.05. The highest BCUT2D eigenvalue weighted by molar-refractivity contribution is 7.12. The van der Waals surface area contributed by atoms with Crippen LogP contribution in [0, 0.1) is 0 Å². The van der Waals surface area contributed by atoms with Crippen LogP contribution < -0.4 is 10.6 Å². The van der Waals surface area contributed by atoms with Crippen molar-refractivity contribution in [2.75, 3.05) is 12.4 Å². The molecule has 7 heteroatoms. The highest BCUT2D eigenvalue weighted by Gasteiger charge is 2.28. The topological polar surface area (TPSA) is 84.5 Å². The van der Waals surface area contributed by atoms with Crippen molar-refractivity contribution in [3.63, 3.8) is 0 Å². The molecule has 2 rings (SSSR count). The third-order valence-corrected chi connectivity index (χ3v) is 3.50. The lowest BCUT2D eigenvalue weighted by atomic mass is 10.2. The van der Waals surface area contributed by atoms with Crippen molar-refractivity contribution < 1.29 is 19.1 Å². The number of esters is 1. The maximum Gasteiger partial charge on any atom is 0.350 e. The van der Waals surface area contributed by atoms with Gasteiger partial charge in [0.25, 0.3) is 0 Å². The third-order valence-electron chi connectivity index (χ3n) is 2.61. The van der Waals surface area contributed by atoms with Crippen molar-refractivity contribution in [1.82, 2.24) is 5.32 Å². The van der Waals surface area contributed by atoms with E-state index in [1.807, 2.05) is 0 Å². The maximum atomic E-state index is 11.8. The number of ether oxygens (including phenoxy) is 1. The van der Waals surface area contributed by atoms with Gasteiger partial charge < -0.3 is 15.4 Å². The van der Waals surface area contributed by atoms with E-state index in [0.717, 1.165) is 0 Å². The molecule has 2 amide bonds. The van der Waals surface area contributed by atoms with Gasteiger partial charge in [-0.25, -0.2) is 4.79 Å². The molecular formula is C11H12N2O4S. The number of methoxy groups -OCH3 is 1. The molecule has 96 valence electrons. The SMILES string of the molecule is COC(=O)c1sccc1NC(=O)C1CCC(=O)N1. The number of rotatable bonds is 3. The molecule has 1 aliphatic heterocycles. The zero-order valence-electron chi connectivity index (χ0n) is 9.69. The van der Waals surface area contributed by atoms with Crippen LogP contribution in [0.25, 0.3) is 0 Å². The molecule has 1 fully saturated rings. The van der Waals surface area contributed by atoms with E-state index in [9.17, 15) is 14.4 Å². The highest BCUT2D eigenvalue weighted by atomic mass is 32.1. The minimum atomic E-state index is -0.525. The molecule has 0 saturated carbocycles. The Kier molecular flexibility index (Phi) is 3.61. The quantitative estimate of drug-likeness (QED) is 0.792. The molecule has 1 aromatic rings. The van der Waals surface area contributed by atoms with Crippen LogP contribution in [0.5, 0.6) is 0 Å². The van der Waals surface area contributed by atoms with Gasteiger partial charge in [0, 0.05) is 6.42 Å². The molecule has 0 aliphatic carbocycles. The first kappa shape index (κ1) is 12.6. The summed E-state index contributed by atoms with van der Waals surface area (Å²) in [5.41, 5.74) is 0.415. The largest absolute Gasteiger partial charge is 0.465 e. The van der Waals surface area contributed by atoms with E-state index in [0.29, 0.717) is 23.4 Å². The Bertz CT molecular complexity index is 497. The molecule has 0 radical (unpaired) electrons. The molecule has 1 unspecified atom stereocenters. The zero-order chi connectivity index (χ0) is 13.1. The van der Waals surface area contributed by atoms with Crippen molar-refractivity contribution in [2.24, 2.45) is 0 Å². The number of thiophene rings is 1. The van der Waals surface area contributed by atoms with E-state index in [-0.39, 0.29) is 11.8 Å². The number of carbonyl (C=O) groups is 3. The summed E-state index contributed by atoms with van der Waals surface area (Å²) < 4.78 is 4.61. The van der Waals surface area contributed by atoms with Gasteiger partial charge in [-0.1, -0.05) is 0 Å². The predicted molar refractivity (Wildman–Crippen MR) is 65.5 cm³/mol.